The number of nitrogens with zero attached hydrogens (tertiary/aromatic N) is 4. The summed E-state index contributed by atoms with van der Waals surface area (Å²) in [6.07, 6.45) is 9.93. The highest BCUT2D eigenvalue weighted by molar-refractivity contribution is 5.92. The smallest absolute Gasteiger partial charge is 0.244 e. The van der Waals surface area contributed by atoms with Crippen LogP contribution >= 0.6 is 0 Å². The van der Waals surface area contributed by atoms with Crippen LogP contribution in [0.25, 0.3) is 11.8 Å². The van der Waals surface area contributed by atoms with Crippen LogP contribution in [0.3, 0.4) is 0 Å². The number of para-hydroxylation sites is 1. The second-order valence-electron chi connectivity index (χ2n) is 6.75. The third-order valence-electron chi connectivity index (χ3n) is 4.67. The number of hydrogen-bond acceptors (Lipinski definition) is 3. The highest BCUT2D eigenvalue weighted by atomic mass is 19.1. The van der Waals surface area contributed by atoms with Crippen molar-refractivity contribution in [2.75, 3.05) is 0 Å². The molecule has 2 aromatic carbocycles. The van der Waals surface area contributed by atoms with Crippen molar-refractivity contribution >= 4 is 12.0 Å². The van der Waals surface area contributed by atoms with Gasteiger partial charge in [-0.2, -0.15) is 5.10 Å². The molecule has 0 fully saturated rings. The fraction of sp³-hybridized carbons (Fsp3) is 0.0870. The van der Waals surface area contributed by atoms with Crippen LogP contribution in [0.5, 0.6) is 0 Å². The van der Waals surface area contributed by atoms with Crippen LogP contribution in [0.4, 0.5) is 4.39 Å². The molecular weight excluding hydrogens is 381 g/mol. The maximum atomic E-state index is 14.4. The number of halogens is 1. The number of aryl methyl sites for hydroxylation is 1. The topological polar surface area (TPSA) is 64.7 Å². The molecule has 6 nitrogen and oxygen atoms in total. The zero-order chi connectivity index (χ0) is 20.9. The summed E-state index contributed by atoms with van der Waals surface area (Å²) in [5.74, 6) is -0.226. The fourth-order valence-electron chi connectivity index (χ4n) is 3.15. The Bertz CT molecular complexity index is 1180. The molecule has 150 valence electrons. The molecule has 0 saturated heterocycles. The Morgan fingerprint density at radius 3 is 2.63 bits per heavy atom. The Balaban J connectivity index is 1.53. The third-order valence-corrected chi connectivity index (χ3v) is 4.67. The summed E-state index contributed by atoms with van der Waals surface area (Å²) in [5.41, 5.74) is 2.05. The quantitative estimate of drug-likeness (QED) is 0.502. The molecule has 0 aliphatic rings. The molecule has 2 aromatic heterocycles. The maximum absolute atomic E-state index is 14.4. The van der Waals surface area contributed by atoms with Crippen LogP contribution in [0.15, 0.2) is 85.5 Å². The van der Waals surface area contributed by atoms with Gasteiger partial charge in [-0.3, -0.25) is 4.79 Å². The van der Waals surface area contributed by atoms with Gasteiger partial charge in [-0.25, -0.2) is 14.1 Å². The zero-order valence-corrected chi connectivity index (χ0v) is 16.3. The van der Waals surface area contributed by atoms with Gasteiger partial charge in [0.1, 0.15) is 17.7 Å². The Hall–Kier alpha value is -4.00. The van der Waals surface area contributed by atoms with Gasteiger partial charge in [-0.1, -0.05) is 36.4 Å². The normalized spacial score (nSPS) is 12.2. The van der Waals surface area contributed by atoms with Crippen molar-refractivity contribution < 1.29 is 9.18 Å². The van der Waals surface area contributed by atoms with E-state index in [1.807, 2.05) is 36.5 Å². The van der Waals surface area contributed by atoms with Gasteiger partial charge in [0.15, 0.2) is 0 Å². The molecule has 4 aromatic rings. The van der Waals surface area contributed by atoms with Crippen molar-refractivity contribution in [3.63, 3.8) is 0 Å². The van der Waals surface area contributed by atoms with Crippen LogP contribution in [-0.2, 0) is 11.8 Å². The van der Waals surface area contributed by atoms with Gasteiger partial charge in [0, 0.05) is 42.8 Å². The summed E-state index contributed by atoms with van der Waals surface area (Å²) in [5, 5.41) is 7.16. The van der Waals surface area contributed by atoms with E-state index in [-0.39, 0.29) is 5.91 Å². The molecule has 1 N–H and O–H groups in total. The first-order valence-electron chi connectivity index (χ1n) is 9.42. The van der Waals surface area contributed by atoms with E-state index < -0.39 is 11.9 Å². The molecule has 0 spiro atoms. The van der Waals surface area contributed by atoms with Crippen molar-refractivity contribution in [2.45, 2.75) is 6.04 Å². The number of benzene rings is 2. The number of rotatable bonds is 6. The molecule has 2 heterocycles. The SMILES string of the molecule is Cn1ccnc1C(NC(=O)/C=C/c1cnn(-c2ccccc2)c1)c1ccccc1F. The minimum absolute atomic E-state index is 0.352. The van der Waals surface area contributed by atoms with Gasteiger partial charge < -0.3 is 9.88 Å². The van der Waals surface area contributed by atoms with Gasteiger partial charge >= 0.3 is 0 Å². The minimum atomic E-state index is -0.713. The number of hydrogen-bond donors (Lipinski definition) is 1. The van der Waals surface area contributed by atoms with E-state index in [2.05, 4.69) is 15.4 Å². The molecular formula is C23H20FN5O. The van der Waals surface area contributed by atoms with Gasteiger partial charge in [-0.15, -0.1) is 0 Å². The molecule has 7 heteroatoms. The highest BCUT2D eigenvalue weighted by Crippen LogP contribution is 2.23. The zero-order valence-electron chi connectivity index (χ0n) is 16.3. The summed E-state index contributed by atoms with van der Waals surface area (Å²) in [7, 11) is 1.80. The van der Waals surface area contributed by atoms with E-state index in [9.17, 15) is 9.18 Å². The van der Waals surface area contributed by atoms with Crippen LogP contribution in [0, 0.1) is 5.82 Å². The summed E-state index contributed by atoms with van der Waals surface area (Å²) in [4.78, 5) is 16.9. The van der Waals surface area contributed by atoms with E-state index in [1.165, 1.54) is 12.1 Å². The van der Waals surface area contributed by atoms with E-state index in [0.717, 1.165) is 11.3 Å². The van der Waals surface area contributed by atoms with E-state index in [4.69, 9.17) is 0 Å². The summed E-state index contributed by atoms with van der Waals surface area (Å²) >= 11 is 0. The fourth-order valence-corrected chi connectivity index (χ4v) is 3.15. The lowest BCUT2D eigenvalue weighted by Crippen LogP contribution is -2.30. The molecule has 0 bridgehead atoms. The van der Waals surface area contributed by atoms with Crippen LogP contribution < -0.4 is 5.32 Å². The first kappa shape index (κ1) is 19.3. The Morgan fingerprint density at radius 1 is 1.13 bits per heavy atom. The summed E-state index contributed by atoms with van der Waals surface area (Å²) < 4.78 is 17.9. The number of nitrogens with one attached hydrogen (secondary N) is 1. The molecule has 1 atom stereocenters. The summed E-state index contributed by atoms with van der Waals surface area (Å²) in [6, 6.07) is 15.3. The Morgan fingerprint density at radius 2 is 1.90 bits per heavy atom. The third kappa shape index (κ3) is 4.20. The van der Waals surface area contributed by atoms with Gasteiger partial charge in [0.25, 0.3) is 0 Å². The van der Waals surface area contributed by atoms with Gasteiger partial charge in [-0.05, 0) is 24.3 Å². The van der Waals surface area contributed by atoms with Crippen LogP contribution in [0.2, 0.25) is 0 Å². The first-order valence-corrected chi connectivity index (χ1v) is 9.42. The largest absolute Gasteiger partial charge is 0.338 e. The van der Waals surface area contributed by atoms with Crippen LogP contribution in [0.1, 0.15) is 23.0 Å². The van der Waals surface area contributed by atoms with Crippen LogP contribution in [-0.4, -0.2) is 25.2 Å². The van der Waals surface area contributed by atoms with Crippen molar-refractivity contribution in [1.29, 1.82) is 0 Å². The lowest BCUT2D eigenvalue weighted by molar-refractivity contribution is -0.117. The van der Waals surface area contributed by atoms with E-state index >= 15 is 0 Å². The van der Waals surface area contributed by atoms with Crippen molar-refractivity contribution in [1.82, 2.24) is 24.6 Å². The first-order chi connectivity index (χ1) is 14.6. The second kappa shape index (κ2) is 8.57. The molecule has 1 unspecified atom stereocenters. The predicted octanol–water partition coefficient (Wildman–Crippen LogP) is 3.66. The number of imidazole rings is 1. The minimum Gasteiger partial charge on any atom is -0.338 e. The lowest BCUT2D eigenvalue weighted by Gasteiger charge is -2.18. The van der Waals surface area contributed by atoms with E-state index in [0.29, 0.717) is 11.4 Å². The number of aromatic nitrogens is 4. The van der Waals surface area contributed by atoms with E-state index in [1.54, 1.807) is 59.2 Å². The molecule has 1 amide bonds. The highest BCUT2D eigenvalue weighted by Gasteiger charge is 2.22. The molecule has 0 aliphatic carbocycles. The average Bonchev–Trinajstić information content (AvgIpc) is 3.41. The summed E-state index contributed by atoms with van der Waals surface area (Å²) in [6.45, 7) is 0. The Labute approximate surface area is 173 Å². The maximum Gasteiger partial charge on any atom is 0.244 e. The lowest BCUT2D eigenvalue weighted by atomic mass is 10.1. The molecule has 4 rings (SSSR count). The van der Waals surface area contributed by atoms with Crippen molar-refractivity contribution in [2.24, 2.45) is 7.05 Å². The average molecular weight is 401 g/mol. The number of carbonyl (C=O) groups is 1. The Kier molecular flexibility index (Phi) is 5.52. The number of amides is 1. The van der Waals surface area contributed by atoms with Crippen molar-refractivity contribution in [3.05, 3.63) is 108 Å². The second-order valence-corrected chi connectivity index (χ2v) is 6.75. The van der Waals surface area contributed by atoms with Gasteiger partial charge in [0.2, 0.25) is 5.91 Å². The molecule has 0 aliphatic heterocycles. The van der Waals surface area contributed by atoms with Gasteiger partial charge in [0.05, 0.1) is 11.9 Å². The molecule has 0 saturated carbocycles. The monoisotopic (exact) mass is 401 g/mol. The number of carbonyl (C=O) groups excluding carboxylic acids is 1. The molecule has 30 heavy (non-hydrogen) atoms. The van der Waals surface area contributed by atoms with Crippen molar-refractivity contribution in [3.8, 4) is 5.69 Å². The molecule has 0 radical (unpaired) electrons. The standard InChI is InChI=1S/C23H20FN5O/c1-28-14-13-25-23(28)22(19-9-5-6-10-20(19)24)27-21(30)12-11-17-15-26-29(16-17)18-7-3-2-4-8-18/h2-16,22H,1H3,(H,27,30)/b12-11+. The predicted molar refractivity (Wildman–Crippen MR) is 112 cm³/mol.